The highest BCUT2D eigenvalue weighted by atomic mass is 14.9. The van der Waals surface area contributed by atoms with Crippen molar-refractivity contribution < 1.29 is 0 Å². The summed E-state index contributed by atoms with van der Waals surface area (Å²) in [5.41, 5.74) is 6.96. The smallest absolute Gasteiger partial charge is 0.0326 e. The Balaban J connectivity index is 2.13. The first-order valence-corrected chi connectivity index (χ1v) is 7.96. The molecule has 112 valence electrons. The monoisotopic (exact) mass is 281 g/mol. The average molecular weight is 281 g/mol. The van der Waals surface area contributed by atoms with Crippen LogP contribution in [0.25, 0.3) is 0 Å². The molecule has 0 aliphatic carbocycles. The van der Waals surface area contributed by atoms with Crippen molar-refractivity contribution in [3.05, 3.63) is 70.3 Å². The molecule has 0 aliphatic heterocycles. The van der Waals surface area contributed by atoms with Crippen molar-refractivity contribution in [1.82, 2.24) is 5.32 Å². The topological polar surface area (TPSA) is 12.0 Å². The Labute approximate surface area is 129 Å². The van der Waals surface area contributed by atoms with Crippen LogP contribution in [0.15, 0.2) is 42.5 Å². The van der Waals surface area contributed by atoms with Gasteiger partial charge in [-0.05, 0) is 56.8 Å². The lowest BCUT2D eigenvalue weighted by atomic mass is 9.94. The molecule has 1 atom stereocenters. The first kappa shape index (κ1) is 15.8. The van der Waals surface area contributed by atoms with Gasteiger partial charge in [0.1, 0.15) is 0 Å². The van der Waals surface area contributed by atoms with Gasteiger partial charge in [0.25, 0.3) is 0 Å². The second-order valence-corrected chi connectivity index (χ2v) is 6.00. The van der Waals surface area contributed by atoms with Crippen LogP contribution in [-0.2, 0) is 6.42 Å². The second-order valence-electron chi connectivity index (χ2n) is 6.00. The summed E-state index contributed by atoms with van der Waals surface area (Å²) in [6.07, 6.45) is 2.26. The van der Waals surface area contributed by atoms with E-state index in [1.807, 2.05) is 0 Å². The predicted molar refractivity (Wildman–Crippen MR) is 91.8 cm³/mol. The van der Waals surface area contributed by atoms with Crippen LogP contribution in [0, 0.1) is 20.8 Å². The average Bonchev–Trinajstić information content (AvgIpc) is 2.46. The SMILES string of the molecule is CCNC(CCc1cccc(C)c1)c1cc(C)ccc1C. The zero-order valence-electron chi connectivity index (χ0n) is 13.7. The Hall–Kier alpha value is -1.60. The molecule has 2 aromatic rings. The highest BCUT2D eigenvalue weighted by Crippen LogP contribution is 2.24. The number of hydrogen-bond acceptors (Lipinski definition) is 1. The van der Waals surface area contributed by atoms with Gasteiger partial charge in [-0.3, -0.25) is 0 Å². The van der Waals surface area contributed by atoms with E-state index in [-0.39, 0.29) is 0 Å². The number of hydrogen-bond donors (Lipinski definition) is 1. The van der Waals surface area contributed by atoms with Gasteiger partial charge in [0.05, 0.1) is 0 Å². The third-order valence-corrected chi connectivity index (χ3v) is 4.06. The van der Waals surface area contributed by atoms with Crippen molar-refractivity contribution in [2.45, 2.75) is 46.6 Å². The van der Waals surface area contributed by atoms with Crippen molar-refractivity contribution in [1.29, 1.82) is 0 Å². The van der Waals surface area contributed by atoms with Crippen molar-refractivity contribution in [3.63, 3.8) is 0 Å². The van der Waals surface area contributed by atoms with Crippen LogP contribution in [0.5, 0.6) is 0 Å². The normalized spacial score (nSPS) is 12.4. The van der Waals surface area contributed by atoms with Crippen molar-refractivity contribution in [2.75, 3.05) is 6.54 Å². The minimum atomic E-state index is 0.440. The fourth-order valence-corrected chi connectivity index (χ4v) is 2.93. The molecule has 1 unspecified atom stereocenters. The van der Waals surface area contributed by atoms with Gasteiger partial charge in [-0.1, -0.05) is 60.5 Å². The second kappa shape index (κ2) is 7.42. The molecule has 2 aromatic carbocycles. The molecule has 1 nitrogen and oxygen atoms in total. The van der Waals surface area contributed by atoms with Gasteiger partial charge in [-0.15, -0.1) is 0 Å². The zero-order chi connectivity index (χ0) is 15.2. The number of benzene rings is 2. The minimum Gasteiger partial charge on any atom is -0.310 e. The summed E-state index contributed by atoms with van der Waals surface area (Å²) in [5, 5.41) is 3.65. The number of nitrogens with one attached hydrogen (secondary N) is 1. The van der Waals surface area contributed by atoms with Crippen LogP contribution in [0.3, 0.4) is 0 Å². The largest absolute Gasteiger partial charge is 0.310 e. The quantitative estimate of drug-likeness (QED) is 0.794. The third-order valence-electron chi connectivity index (χ3n) is 4.06. The summed E-state index contributed by atoms with van der Waals surface area (Å²) < 4.78 is 0. The van der Waals surface area contributed by atoms with E-state index in [0.717, 1.165) is 19.4 Å². The molecule has 2 rings (SSSR count). The van der Waals surface area contributed by atoms with Gasteiger partial charge in [0.15, 0.2) is 0 Å². The third kappa shape index (κ3) is 4.44. The van der Waals surface area contributed by atoms with Crippen LogP contribution in [0.1, 0.15) is 47.2 Å². The van der Waals surface area contributed by atoms with Crippen LogP contribution >= 0.6 is 0 Å². The van der Waals surface area contributed by atoms with E-state index >= 15 is 0 Å². The molecule has 0 radical (unpaired) electrons. The summed E-state index contributed by atoms with van der Waals surface area (Å²) in [5.74, 6) is 0. The molecule has 1 N–H and O–H groups in total. The Morgan fingerprint density at radius 3 is 2.43 bits per heavy atom. The number of aryl methyl sites for hydroxylation is 4. The van der Waals surface area contributed by atoms with E-state index in [1.165, 1.54) is 27.8 Å². The van der Waals surface area contributed by atoms with Crippen molar-refractivity contribution in [2.24, 2.45) is 0 Å². The first-order chi connectivity index (χ1) is 10.1. The van der Waals surface area contributed by atoms with Crippen LogP contribution < -0.4 is 5.32 Å². The van der Waals surface area contributed by atoms with Crippen LogP contribution in [0.4, 0.5) is 0 Å². The van der Waals surface area contributed by atoms with Gasteiger partial charge in [0.2, 0.25) is 0 Å². The lowest BCUT2D eigenvalue weighted by molar-refractivity contribution is 0.513. The zero-order valence-corrected chi connectivity index (χ0v) is 13.7. The molecule has 1 heteroatoms. The molecule has 0 saturated carbocycles. The van der Waals surface area contributed by atoms with E-state index in [1.54, 1.807) is 0 Å². The molecule has 0 fully saturated rings. The van der Waals surface area contributed by atoms with Gasteiger partial charge in [-0.2, -0.15) is 0 Å². The molecular formula is C20H27N. The Kier molecular flexibility index (Phi) is 5.58. The molecule has 0 heterocycles. The Bertz CT molecular complexity index is 586. The van der Waals surface area contributed by atoms with Gasteiger partial charge < -0.3 is 5.32 Å². The maximum Gasteiger partial charge on any atom is 0.0326 e. The molecule has 21 heavy (non-hydrogen) atoms. The molecule has 0 amide bonds. The van der Waals surface area contributed by atoms with E-state index in [9.17, 15) is 0 Å². The predicted octanol–water partition coefficient (Wildman–Crippen LogP) is 4.90. The van der Waals surface area contributed by atoms with Crippen LogP contribution in [0.2, 0.25) is 0 Å². The van der Waals surface area contributed by atoms with Gasteiger partial charge in [-0.25, -0.2) is 0 Å². The van der Waals surface area contributed by atoms with Gasteiger partial charge >= 0.3 is 0 Å². The van der Waals surface area contributed by atoms with E-state index in [2.05, 4.69) is 75.5 Å². The lowest BCUT2D eigenvalue weighted by Crippen LogP contribution is -2.22. The molecule has 0 spiro atoms. The molecule has 0 bridgehead atoms. The van der Waals surface area contributed by atoms with Crippen molar-refractivity contribution in [3.8, 4) is 0 Å². The first-order valence-electron chi connectivity index (χ1n) is 7.96. The summed E-state index contributed by atoms with van der Waals surface area (Å²) in [4.78, 5) is 0. The molecule has 0 aliphatic rings. The standard InChI is InChI=1S/C20H27N/c1-5-21-20(19-14-16(3)9-10-17(19)4)12-11-18-8-6-7-15(2)13-18/h6-10,13-14,20-21H,5,11-12H2,1-4H3. The molecule has 0 aromatic heterocycles. The van der Waals surface area contributed by atoms with Crippen LogP contribution in [-0.4, -0.2) is 6.54 Å². The minimum absolute atomic E-state index is 0.440. The molecular weight excluding hydrogens is 254 g/mol. The van der Waals surface area contributed by atoms with E-state index in [4.69, 9.17) is 0 Å². The fourth-order valence-electron chi connectivity index (χ4n) is 2.93. The maximum absolute atomic E-state index is 3.65. The summed E-state index contributed by atoms with van der Waals surface area (Å²) in [6.45, 7) is 9.74. The highest BCUT2D eigenvalue weighted by Gasteiger charge is 2.13. The Morgan fingerprint density at radius 1 is 0.952 bits per heavy atom. The fraction of sp³-hybridized carbons (Fsp3) is 0.400. The Morgan fingerprint density at radius 2 is 1.71 bits per heavy atom. The summed E-state index contributed by atoms with van der Waals surface area (Å²) in [7, 11) is 0. The molecule has 0 saturated heterocycles. The maximum atomic E-state index is 3.65. The van der Waals surface area contributed by atoms with E-state index in [0.29, 0.717) is 6.04 Å². The van der Waals surface area contributed by atoms with Gasteiger partial charge in [0, 0.05) is 6.04 Å². The highest BCUT2D eigenvalue weighted by molar-refractivity contribution is 5.33. The van der Waals surface area contributed by atoms with Crippen molar-refractivity contribution >= 4 is 0 Å². The van der Waals surface area contributed by atoms with E-state index < -0.39 is 0 Å². The summed E-state index contributed by atoms with van der Waals surface area (Å²) >= 11 is 0. The summed E-state index contributed by atoms with van der Waals surface area (Å²) in [6, 6.07) is 16.1. The number of rotatable bonds is 6. The lowest BCUT2D eigenvalue weighted by Gasteiger charge is -2.21.